The number of aliphatic hydroxyl groups is 1. The molecule has 2 heterocycles. The standard InChI is InChI=1S/C23H29ClF3N3O3/c1-15-21(33)28(9-2-3-20(32)29-10-8-22(6-7-22)19(31)14-29)11-12-30(15)16-4-5-17(18(24)13-16)23(25,26)27/h4-5,13,15,19,31H,2-3,6-12,14H2,1H3/t15-,19+/m0/s1. The molecule has 182 valence electrons. The van der Waals surface area contributed by atoms with Crippen LogP contribution in [0.3, 0.4) is 0 Å². The van der Waals surface area contributed by atoms with Crippen LogP contribution in [0.5, 0.6) is 0 Å². The first kappa shape index (κ1) is 24.1. The van der Waals surface area contributed by atoms with Gasteiger partial charge in [0, 0.05) is 44.8 Å². The molecule has 33 heavy (non-hydrogen) atoms. The van der Waals surface area contributed by atoms with Crippen molar-refractivity contribution in [1.29, 1.82) is 0 Å². The summed E-state index contributed by atoms with van der Waals surface area (Å²) in [5, 5.41) is 9.89. The van der Waals surface area contributed by atoms with Gasteiger partial charge in [0.1, 0.15) is 6.04 Å². The second-order valence-corrected chi connectivity index (χ2v) is 9.84. The van der Waals surface area contributed by atoms with E-state index in [0.717, 1.165) is 25.3 Å². The second kappa shape index (κ2) is 8.98. The number of aliphatic hydroxyl groups excluding tert-OH is 1. The van der Waals surface area contributed by atoms with E-state index in [2.05, 4.69) is 0 Å². The lowest BCUT2D eigenvalue weighted by Crippen LogP contribution is -2.56. The van der Waals surface area contributed by atoms with Gasteiger partial charge in [0.25, 0.3) is 0 Å². The largest absolute Gasteiger partial charge is 0.417 e. The Balaban J connectivity index is 1.27. The number of likely N-dealkylation sites (tertiary alicyclic amines) is 1. The Bertz CT molecular complexity index is 922. The predicted molar refractivity (Wildman–Crippen MR) is 118 cm³/mol. The molecule has 1 saturated carbocycles. The van der Waals surface area contributed by atoms with Gasteiger partial charge in [-0.05, 0) is 56.2 Å². The fourth-order valence-corrected chi connectivity index (χ4v) is 5.27. The molecule has 0 unspecified atom stereocenters. The van der Waals surface area contributed by atoms with Gasteiger partial charge in [0.05, 0.1) is 16.7 Å². The summed E-state index contributed by atoms with van der Waals surface area (Å²) >= 11 is 5.84. The topological polar surface area (TPSA) is 64.1 Å². The van der Waals surface area contributed by atoms with Crippen molar-refractivity contribution in [2.75, 3.05) is 37.6 Å². The Hall–Kier alpha value is -2.00. The maximum absolute atomic E-state index is 13.0. The number of β-amino-alcohol motifs (C(OH)–C–C–N with tert-alkyl or cyclic N) is 1. The van der Waals surface area contributed by atoms with E-state index in [1.165, 1.54) is 12.1 Å². The highest BCUT2D eigenvalue weighted by Gasteiger charge is 2.51. The number of hydrogen-bond donors (Lipinski definition) is 1. The van der Waals surface area contributed by atoms with Gasteiger partial charge in [-0.1, -0.05) is 11.6 Å². The van der Waals surface area contributed by atoms with Gasteiger partial charge in [0.15, 0.2) is 0 Å². The zero-order chi connectivity index (χ0) is 24.0. The molecule has 1 N–H and O–H groups in total. The summed E-state index contributed by atoms with van der Waals surface area (Å²) in [7, 11) is 0. The van der Waals surface area contributed by atoms with Crippen molar-refractivity contribution < 1.29 is 27.9 Å². The van der Waals surface area contributed by atoms with Crippen molar-refractivity contribution in [1.82, 2.24) is 9.80 Å². The molecule has 6 nitrogen and oxygen atoms in total. The van der Waals surface area contributed by atoms with E-state index in [1.807, 2.05) is 0 Å². The van der Waals surface area contributed by atoms with Crippen LogP contribution in [-0.2, 0) is 15.8 Å². The van der Waals surface area contributed by atoms with Crippen LogP contribution < -0.4 is 4.90 Å². The van der Waals surface area contributed by atoms with E-state index >= 15 is 0 Å². The summed E-state index contributed by atoms with van der Waals surface area (Å²) < 4.78 is 38.9. The summed E-state index contributed by atoms with van der Waals surface area (Å²) in [6.07, 6.45) is -1.19. The Morgan fingerprint density at radius 3 is 2.55 bits per heavy atom. The fourth-order valence-electron chi connectivity index (χ4n) is 4.98. The fraction of sp³-hybridized carbons (Fsp3) is 0.652. The minimum absolute atomic E-state index is 0.00285. The predicted octanol–water partition coefficient (Wildman–Crippen LogP) is 3.55. The molecule has 3 aliphatic rings. The van der Waals surface area contributed by atoms with Gasteiger partial charge in [-0.15, -0.1) is 0 Å². The molecule has 4 rings (SSSR count). The van der Waals surface area contributed by atoms with Crippen LogP contribution in [0.25, 0.3) is 0 Å². The van der Waals surface area contributed by atoms with Gasteiger partial charge >= 0.3 is 6.18 Å². The number of amides is 2. The van der Waals surface area contributed by atoms with E-state index in [0.29, 0.717) is 51.3 Å². The average Bonchev–Trinajstić information content (AvgIpc) is 3.53. The van der Waals surface area contributed by atoms with Gasteiger partial charge in [-0.2, -0.15) is 13.2 Å². The van der Waals surface area contributed by atoms with E-state index in [1.54, 1.807) is 21.6 Å². The molecule has 2 atom stereocenters. The van der Waals surface area contributed by atoms with Crippen LogP contribution in [0.15, 0.2) is 18.2 Å². The van der Waals surface area contributed by atoms with Gasteiger partial charge < -0.3 is 19.8 Å². The summed E-state index contributed by atoms with van der Waals surface area (Å²) in [6.45, 7) is 4.11. The molecular formula is C23H29ClF3N3O3. The minimum Gasteiger partial charge on any atom is -0.391 e. The number of nitrogens with zero attached hydrogens (tertiary/aromatic N) is 3. The first-order valence-electron chi connectivity index (χ1n) is 11.4. The second-order valence-electron chi connectivity index (χ2n) is 9.43. The first-order valence-corrected chi connectivity index (χ1v) is 11.8. The van der Waals surface area contributed by atoms with Crippen LogP contribution in [0, 0.1) is 5.41 Å². The lowest BCUT2D eigenvalue weighted by Gasteiger charge is -2.41. The van der Waals surface area contributed by atoms with Crippen LogP contribution in [-0.4, -0.2) is 71.6 Å². The third-order valence-corrected chi connectivity index (χ3v) is 7.69. The molecule has 10 heteroatoms. The van der Waals surface area contributed by atoms with Crippen LogP contribution in [0.2, 0.25) is 5.02 Å². The normalized spacial score (nSPS) is 25.0. The lowest BCUT2D eigenvalue weighted by molar-refractivity contribution is -0.138. The number of carbonyl (C=O) groups excluding carboxylic acids is 2. The monoisotopic (exact) mass is 487 g/mol. The van der Waals surface area contributed by atoms with Gasteiger partial charge in [0.2, 0.25) is 11.8 Å². The number of halogens is 4. The summed E-state index contributed by atoms with van der Waals surface area (Å²) in [6, 6.07) is 2.98. The molecule has 2 aliphatic heterocycles. The maximum Gasteiger partial charge on any atom is 0.417 e. The molecular weight excluding hydrogens is 459 g/mol. The van der Waals surface area contributed by atoms with E-state index < -0.39 is 28.9 Å². The molecule has 1 spiro atoms. The summed E-state index contributed by atoms with van der Waals surface area (Å²) in [5.74, 6) is -0.128. The lowest BCUT2D eigenvalue weighted by atomic mass is 9.90. The number of alkyl halides is 3. The highest BCUT2D eigenvalue weighted by molar-refractivity contribution is 6.31. The number of piperazine rings is 1. The van der Waals surface area contributed by atoms with Crippen LogP contribution in [0.4, 0.5) is 18.9 Å². The SMILES string of the molecule is C[C@H]1C(=O)N(CCCC(=O)N2CCC3(CC3)[C@H](O)C2)CCN1c1ccc(C(F)(F)F)c(Cl)c1. The van der Waals surface area contributed by atoms with E-state index in [9.17, 15) is 27.9 Å². The number of piperidine rings is 1. The molecule has 0 bridgehead atoms. The molecule has 3 fully saturated rings. The molecule has 2 saturated heterocycles. The van der Waals surface area contributed by atoms with Gasteiger partial charge in [-0.25, -0.2) is 0 Å². The van der Waals surface area contributed by atoms with Crippen molar-refractivity contribution in [3.63, 3.8) is 0 Å². The highest BCUT2D eigenvalue weighted by atomic mass is 35.5. The first-order chi connectivity index (χ1) is 15.5. The van der Waals surface area contributed by atoms with Crippen molar-refractivity contribution >= 4 is 29.1 Å². The third kappa shape index (κ3) is 4.94. The Morgan fingerprint density at radius 1 is 1.21 bits per heavy atom. The maximum atomic E-state index is 13.0. The molecule has 0 radical (unpaired) electrons. The van der Waals surface area contributed by atoms with E-state index in [4.69, 9.17) is 11.6 Å². The number of hydrogen-bond acceptors (Lipinski definition) is 4. The zero-order valence-corrected chi connectivity index (χ0v) is 19.3. The number of carbonyl (C=O) groups is 2. The number of benzene rings is 1. The van der Waals surface area contributed by atoms with Crippen molar-refractivity contribution in [2.45, 2.75) is 57.3 Å². The Morgan fingerprint density at radius 2 is 1.94 bits per heavy atom. The highest BCUT2D eigenvalue weighted by Crippen LogP contribution is 2.53. The van der Waals surface area contributed by atoms with Crippen LogP contribution in [0.1, 0.15) is 44.6 Å². The molecule has 2 amide bonds. The average molecular weight is 488 g/mol. The molecule has 0 aromatic heterocycles. The number of rotatable bonds is 5. The minimum atomic E-state index is -4.53. The smallest absolute Gasteiger partial charge is 0.391 e. The third-order valence-electron chi connectivity index (χ3n) is 7.38. The van der Waals surface area contributed by atoms with Gasteiger partial charge in [-0.3, -0.25) is 9.59 Å². The Labute approximate surface area is 196 Å². The number of anilines is 1. The zero-order valence-electron chi connectivity index (χ0n) is 18.6. The van der Waals surface area contributed by atoms with Crippen molar-refractivity contribution in [3.05, 3.63) is 28.8 Å². The summed E-state index contributed by atoms with van der Waals surface area (Å²) in [4.78, 5) is 30.6. The molecule has 1 aromatic rings. The quantitative estimate of drug-likeness (QED) is 0.690. The molecule has 1 aliphatic carbocycles. The van der Waals surface area contributed by atoms with Crippen molar-refractivity contribution in [3.8, 4) is 0 Å². The Kier molecular flexibility index (Phi) is 6.57. The van der Waals surface area contributed by atoms with Crippen molar-refractivity contribution in [2.24, 2.45) is 5.41 Å². The van der Waals surface area contributed by atoms with Crippen LogP contribution >= 0.6 is 11.6 Å². The summed E-state index contributed by atoms with van der Waals surface area (Å²) in [5.41, 5.74) is -0.375. The van der Waals surface area contributed by atoms with E-state index in [-0.39, 0.29) is 17.2 Å². The molecule has 1 aromatic carbocycles.